The minimum atomic E-state index is 1.00. The summed E-state index contributed by atoms with van der Waals surface area (Å²) in [6.07, 6.45) is 29.8. The highest BCUT2D eigenvalue weighted by Gasteiger charge is 1.73. The average Bonchev–Trinajstić information content (AvgIpc) is 2.42. The summed E-state index contributed by atoms with van der Waals surface area (Å²) in [6.45, 7) is 8.40. The zero-order valence-electron chi connectivity index (χ0n) is 13.8. The molecule has 0 bridgehead atoms. The molecule has 0 heterocycles. The summed E-state index contributed by atoms with van der Waals surface area (Å²) < 4.78 is 0. The molecule has 0 amide bonds. The minimum absolute atomic E-state index is 1.00. The highest BCUT2D eigenvalue weighted by molar-refractivity contribution is 5.21. The van der Waals surface area contributed by atoms with Gasteiger partial charge in [-0.2, -0.15) is 0 Å². The molecular weight excluding hydrogens is 252 g/mol. The lowest BCUT2D eigenvalue weighted by Crippen LogP contribution is -1.62. The Morgan fingerprint density at radius 1 is 0.524 bits per heavy atom. The predicted octanol–water partition coefficient (Wildman–Crippen LogP) is 6.65. The first-order chi connectivity index (χ1) is 10.1. The normalized spacial score (nSPS) is 12.8. The second-order valence-corrected chi connectivity index (χ2v) is 5.11. The van der Waals surface area contributed by atoms with Crippen LogP contribution in [-0.4, -0.2) is 0 Å². The molecule has 0 aromatic heterocycles. The van der Waals surface area contributed by atoms with Gasteiger partial charge in [0.15, 0.2) is 0 Å². The zero-order chi connectivity index (χ0) is 15.8. The van der Waals surface area contributed by atoms with E-state index in [0.717, 1.165) is 6.42 Å². The molecule has 0 rings (SSSR count). The molecule has 0 aliphatic carbocycles. The van der Waals surface area contributed by atoms with Gasteiger partial charge in [-0.05, 0) is 34.1 Å². The van der Waals surface area contributed by atoms with Crippen molar-refractivity contribution < 1.29 is 0 Å². The molecule has 0 spiro atoms. The molecule has 0 aliphatic heterocycles. The molecule has 0 saturated carbocycles. The number of hydrogen-bond acceptors (Lipinski definition) is 0. The third-order valence-electron chi connectivity index (χ3n) is 2.34. The summed E-state index contributed by atoms with van der Waals surface area (Å²) >= 11 is 0. The Labute approximate surface area is 131 Å². The van der Waals surface area contributed by atoms with E-state index in [1.54, 1.807) is 0 Å². The molecule has 0 saturated heterocycles. The number of rotatable bonds is 8. The zero-order valence-corrected chi connectivity index (χ0v) is 13.8. The Hall–Kier alpha value is -2.08. The largest absolute Gasteiger partial charge is 0.0821 e. The molecule has 0 aliphatic rings. The molecule has 0 aromatic carbocycles. The van der Waals surface area contributed by atoms with Crippen LogP contribution in [0.5, 0.6) is 0 Å². The monoisotopic (exact) mass is 280 g/mol. The fourth-order valence-electron chi connectivity index (χ4n) is 1.29. The van der Waals surface area contributed by atoms with Gasteiger partial charge in [0, 0.05) is 0 Å². The van der Waals surface area contributed by atoms with Gasteiger partial charge in [0.25, 0.3) is 0 Å². The third-order valence-corrected chi connectivity index (χ3v) is 2.34. The van der Waals surface area contributed by atoms with Crippen molar-refractivity contribution in [2.75, 3.05) is 0 Å². The molecular formula is C21H28. The van der Waals surface area contributed by atoms with Gasteiger partial charge >= 0.3 is 0 Å². The van der Waals surface area contributed by atoms with Crippen molar-refractivity contribution in [2.45, 2.75) is 34.1 Å². The molecule has 0 N–H and O–H groups in total. The van der Waals surface area contributed by atoms with E-state index >= 15 is 0 Å². The van der Waals surface area contributed by atoms with E-state index in [9.17, 15) is 0 Å². The van der Waals surface area contributed by atoms with E-state index in [1.807, 2.05) is 60.8 Å². The standard InChI is InChI=1S/C21H28/c1-20(2)18-16-14-12-10-8-6-5-7-9-11-13-15-17-19-21(3)4/h5-16,18-19H,17H2,1-4H3/b7-5+,8-6+,11-9+,12-10+,15-13+,16-14+. The van der Waals surface area contributed by atoms with Crippen molar-refractivity contribution in [2.24, 2.45) is 0 Å². The Balaban J connectivity index is 3.88. The fourth-order valence-corrected chi connectivity index (χ4v) is 1.29. The van der Waals surface area contributed by atoms with Crippen LogP contribution in [0, 0.1) is 0 Å². The Morgan fingerprint density at radius 2 is 0.952 bits per heavy atom. The molecule has 0 unspecified atom stereocenters. The average molecular weight is 280 g/mol. The van der Waals surface area contributed by atoms with E-state index in [0.29, 0.717) is 0 Å². The van der Waals surface area contributed by atoms with Gasteiger partial charge in [-0.1, -0.05) is 96.2 Å². The summed E-state index contributed by atoms with van der Waals surface area (Å²) in [5, 5.41) is 0. The van der Waals surface area contributed by atoms with Gasteiger partial charge in [-0.3, -0.25) is 0 Å². The van der Waals surface area contributed by atoms with E-state index in [-0.39, 0.29) is 0 Å². The molecule has 21 heavy (non-hydrogen) atoms. The second-order valence-electron chi connectivity index (χ2n) is 5.11. The van der Waals surface area contributed by atoms with Crippen LogP contribution in [-0.2, 0) is 0 Å². The summed E-state index contributed by atoms with van der Waals surface area (Å²) in [5.41, 5.74) is 2.66. The maximum atomic E-state index is 2.21. The van der Waals surface area contributed by atoms with Crippen LogP contribution in [0.4, 0.5) is 0 Å². The van der Waals surface area contributed by atoms with Crippen LogP contribution in [0.3, 0.4) is 0 Å². The first kappa shape index (κ1) is 18.9. The van der Waals surface area contributed by atoms with Gasteiger partial charge < -0.3 is 0 Å². The van der Waals surface area contributed by atoms with Gasteiger partial charge in [-0.25, -0.2) is 0 Å². The van der Waals surface area contributed by atoms with Crippen molar-refractivity contribution in [3.8, 4) is 0 Å². The SMILES string of the molecule is CC(C)=C/C=C/C=C/C=C/C=C/C=C/C=C/CC=C(C)C. The molecule has 112 valence electrons. The highest BCUT2D eigenvalue weighted by atomic mass is 13.8. The van der Waals surface area contributed by atoms with Crippen molar-refractivity contribution in [3.63, 3.8) is 0 Å². The summed E-state index contributed by atoms with van der Waals surface area (Å²) in [4.78, 5) is 0. The Bertz CT molecular complexity index is 478. The first-order valence-electron chi connectivity index (χ1n) is 7.39. The minimum Gasteiger partial charge on any atom is -0.0821 e. The van der Waals surface area contributed by atoms with E-state index in [2.05, 4.69) is 52.0 Å². The lowest BCUT2D eigenvalue weighted by atomic mass is 10.2. The van der Waals surface area contributed by atoms with Crippen LogP contribution in [0.1, 0.15) is 34.1 Å². The molecule has 0 nitrogen and oxygen atoms in total. The molecule has 0 radical (unpaired) electrons. The lowest BCUT2D eigenvalue weighted by molar-refractivity contribution is 1.28. The van der Waals surface area contributed by atoms with E-state index in [1.165, 1.54) is 11.1 Å². The quantitative estimate of drug-likeness (QED) is 0.345. The van der Waals surface area contributed by atoms with Crippen molar-refractivity contribution in [1.29, 1.82) is 0 Å². The molecule has 0 fully saturated rings. The second kappa shape index (κ2) is 14.3. The maximum absolute atomic E-state index is 2.21. The van der Waals surface area contributed by atoms with Gasteiger partial charge in [0.1, 0.15) is 0 Å². The summed E-state index contributed by atoms with van der Waals surface area (Å²) in [7, 11) is 0. The van der Waals surface area contributed by atoms with Crippen LogP contribution < -0.4 is 0 Å². The molecule has 0 heteroatoms. The maximum Gasteiger partial charge on any atom is -0.0164 e. The summed E-state index contributed by atoms with van der Waals surface area (Å²) in [6, 6.07) is 0. The van der Waals surface area contributed by atoms with Crippen LogP contribution in [0.25, 0.3) is 0 Å². The Morgan fingerprint density at radius 3 is 1.38 bits per heavy atom. The van der Waals surface area contributed by atoms with Gasteiger partial charge in [0.05, 0.1) is 0 Å². The number of hydrogen-bond donors (Lipinski definition) is 0. The highest BCUT2D eigenvalue weighted by Crippen LogP contribution is 1.94. The van der Waals surface area contributed by atoms with E-state index < -0.39 is 0 Å². The van der Waals surface area contributed by atoms with Crippen molar-refractivity contribution in [3.05, 3.63) is 96.2 Å². The van der Waals surface area contributed by atoms with Crippen LogP contribution in [0.2, 0.25) is 0 Å². The van der Waals surface area contributed by atoms with Crippen molar-refractivity contribution >= 4 is 0 Å². The molecule has 0 atom stereocenters. The van der Waals surface area contributed by atoms with Gasteiger partial charge in [0.2, 0.25) is 0 Å². The number of allylic oxidation sites excluding steroid dienone is 16. The summed E-state index contributed by atoms with van der Waals surface area (Å²) in [5.74, 6) is 0. The van der Waals surface area contributed by atoms with Crippen LogP contribution in [0.15, 0.2) is 96.2 Å². The van der Waals surface area contributed by atoms with Crippen molar-refractivity contribution in [1.82, 2.24) is 0 Å². The topological polar surface area (TPSA) is 0 Å². The lowest BCUT2D eigenvalue weighted by Gasteiger charge is -1.84. The molecule has 0 aromatic rings. The van der Waals surface area contributed by atoms with Crippen LogP contribution >= 0.6 is 0 Å². The first-order valence-corrected chi connectivity index (χ1v) is 7.39. The smallest absolute Gasteiger partial charge is 0.0164 e. The van der Waals surface area contributed by atoms with E-state index in [4.69, 9.17) is 0 Å². The predicted molar refractivity (Wildman–Crippen MR) is 98.3 cm³/mol. The Kier molecular flexibility index (Phi) is 12.9. The van der Waals surface area contributed by atoms with Gasteiger partial charge in [-0.15, -0.1) is 0 Å². The third kappa shape index (κ3) is 17.9. The fraction of sp³-hybridized carbons (Fsp3) is 0.238.